The molecule has 0 spiro atoms. The largest absolute Gasteiger partial charge is 0.493 e. The van der Waals surface area contributed by atoms with E-state index in [0.29, 0.717) is 23.6 Å². The van der Waals surface area contributed by atoms with Crippen molar-refractivity contribution in [3.63, 3.8) is 0 Å². The molecule has 29 heavy (non-hydrogen) atoms. The second-order valence-corrected chi connectivity index (χ2v) is 7.99. The van der Waals surface area contributed by atoms with Crippen molar-refractivity contribution in [2.45, 2.75) is 20.3 Å². The number of halogens is 1. The zero-order valence-electron chi connectivity index (χ0n) is 15.8. The maximum Gasteiger partial charge on any atom is 0.255 e. The van der Waals surface area contributed by atoms with Crippen molar-refractivity contribution in [3.8, 4) is 16.3 Å². The maximum atomic E-state index is 12.7. The lowest BCUT2D eigenvalue weighted by molar-refractivity contribution is 0.102. The Kier molecular flexibility index (Phi) is 5.59. The van der Waals surface area contributed by atoms with Gasteiger partial charge in [0, 0.05) is 23.2 Å². The van der Waals surface area contributed by atoms with Crippen LogP contribution in [0.5, 0.6) is 5.75 Å². The number of nitrogens with one attached hydrogen (secondary N) is 1. The molecule has 0 atom stereocenters. The molecule has 0 saturated heterocycles. The van der Waals surface area contributed by atoms with Crippen molar-refractivity contribution in [1.29, 1.82) is 0 Å². The van der Waals surface area contributed by atoms with Crippen molar-refractivity contribution in [1.82, 2.24) is 19.8 Å². The number of ether oxygens (including phenoxy) is 1. The van der Waals surface area contributed by atoms with Crippen LogP contribution in [0.1, 0.15) is 30.0 Å². The monoisotopic (exact) mass is 471 g/mol. The molecule has 4 rings (SSSR count). The summed E-state index contributed by atoms with van der Waals surface area (Å²) in [7, 11) is 0. The van der Waals surface area contributed by atoms with E-state index < -0.39 is 0 Å². The highest BCUT2D eigenvalue weighted by Gasteiger charge is 2.13. The van der Waals surface area contributed by atoms with Gasteiger partial charge in [0.15, 0.2) is 5.82 Å². The standard InChI is InChI=1S/C20H18BrN5O2S/c1-3-17-23-24-20-26(17)25-19(29-20)13-6-5-7-14(10-13)22-18(27)12-8-9-16(28-4-2)15(21)11-12/h5-11H,3-4H2,1-2H3,(H,22,27). The van der Waals surface area contributed by atoms with Crippen LogP contribution < -0.4 is 10.1 Å². The first-order valence-electron chi connectivity index (χ1n) is 9.14. The van der Waals surface area contributed by atoms with Crippen molar-refractivity contribution in [2.75, 3.05) is 11.9 Å². The van der Waals surface area contributed by atoms with Gasteiger partial charge in [0.05, 0.1) is 11.1 Å². The zero-order valence-corrected chi connectivity index (χ0v) is 18.2. The predicted octanol–water partition coefficient (Wildman–Crippen LogP) is 4.83. The van der Waals surface area contributed by atoms with E-state index in [-0.39, 0.29) is 5.91 Å². The normalized spacial score (nSPS) is 11.0. The summed E-state index contributed by atoms with van der Waals surface area (Å²) < 4.78 is 8.00. The topological polar surface area (TPSA) is 81.4 Å². The first-order chi connectivity index (χ1) is 14.1. The summed E-state index contributed by atoms with van der Waals surface area (Å²) >= 11 is 4.91. The third-order valence-electron chi connectivity index (χ3n) is 4.23. The number of hydrogen-bond donors (Lipinski definition) is 1. The fourth-order valence-electron chi connectivity index (χ4n) is 2.84. The van der Waals surface area contributed by atoms with Gasteiger partial charge in [0.1, 0.15) is 10.8 Å². The van der Waals surface area contributed by atoms with Gasteiger partial charge < -0.3 is 10.1 Å². The van der Waals surface area contributed by atoms with Crippen LogP contribution in [-0.2, 0) is 6.42 Å². The van der Waals surface area contributed by atoms with Gasteiger partial charge in [-0.3, -0.25) is 4.79 Å². The van der Waals surface area contributed by atoms with Crippen LogP contribution in [0.15, 0.2) is 46.9 Å². The number of amides is 1. The van der Waals surface area contributed by atoms with E-state index in [0.717, 1.165) is 32.2 Å². The smallest absolute Gasteiger partial charge is 0.255 e. The molecule has 9 heteroatoms. The van der Waals surface area contributed by atoms with Crippen LogP contribution >= 0.6 is 27.3 Å². The van der Waals surface area contributed by atoms with E-state index in [2.05, 4.69) is 36.5 Å². The van der Waals surface area contributed by atoms with Gasteiger partial charge >= 0.3 is 0 Å². The number of carbonyl (C=O) groups excluding carboxylic acids is 1. The highest BCUT2D eigenvalue weighted by molar-refractivity contribution is 9.10. The van der Waals surface area contributed by atoms with E-state index in [9.17, 15) is 4.79 Å². The van der Waals surface area contributed by atoms with Gasteiger partial charge in [-0.1, -0.05) is 30.4 Å². The summed E-state index contributed by atoms with van der Waals surface area (Å²) in [5, 5.41) is 16.6. The number of rotatable bonds is 6. The quantitative estimate of drug-likeness (QED) is 0.435. The predicted molar refractivity (Wildman–Crippen MR) is 117 cm³/mol. The Balaban J connectivity index is 1.56. The highest BCUT2D eigenvalue weighted by Crippen LogP contribution is 2.29. The number of fused-ring (bicyclic) bond motifs is 1. The van der Waals surface area contributed by atoms with Crippen LogP contribution in [-0.4, -0.2) is 32.3 Å². The summed E-state index contributed by atoms with van der Waals surface area (Å²) in [6.07, 6.45) is 0.762. The molecule has 1 N–H and O–H groups in total. The molecule has 0 aliphatic carbocycles. The third kappa shape index (κ3) is 4.01. The van der Waals surface area contributed by atoms with E-state index in [1.165, 1.54) is 11.3 Å². The van der Waals surface area contributed by atoms with Gasteiger partial charge in [-0.2, -0.15) is 9.61 Å². The Hall–Kier alpha value is -2.78. The van der Waals surface area contributed by atoms with Crippen molar-refractivity contribution in [3.05, 3.63) is 58.3 Å². The average Bonchev–Trinajstić information content (AvgIpc) is 3.30. The number of benzene rings is 2. The molecule has 0 unspecified atom stereocenters. The summed E-state index contributed by atoms with van der Waals surface area (Å²) in [5.74, 6) is 1.34. The lowest BCUT2D eigenvalue weighted by atomic mass is 10.1. The molecule has 4 aromatic rings. The van der Waals surface area contributed by atoms with Gasteiger partial charge in [0.2, 0.25) is 4.96 Å². The number of aryl methyl sites for hydroxylation is 1. The van der Waals surface area contributed by atoms with Crippen LogP contribution in [0.2, 0.25) is 0 Å². The van der Waals surface area contributed by atoms with Crippen LogP contribution in [0.4, 0.5) is 5.69 Å². The van der Waals surface area contributed by atoms with E-state index in [1.54, 1.807) is 22.7 Å². The van der Waals surface area contributed by atoms with Crippen LogP contribution in [0.25, 0.3) is 15.5 Å². The Morgan fingerprint density at radius 2 is 2.07 bits per heavy atom. The fraction of sp³-hybridized carbons (Fsp3) is 0.200. The molecule has 0 aliphatic heterocycles. The minimum absolute atomic E-state index is 0.197. The number of hydrogen-bond acceptors (Lipinski definition) is 6. The number of carbonyl (C=O) groups is 1. The summed E-state index contributed by atoms with van der Waals surface area (Å²) in [5.41, 5.74) is 2.14. The Morgan fingerprint density at radius 1 is 1.21 bits per heavy atom. The van der Waals surface area contributed by atoms with Gasteiger partial charge in [-0.15, -0.1) is 10.2 Å². The second kappa shape index (κ2) is 8.30. The maximum absolute atomic E-state index is 12.7. The molecular weight excluding hydrogens is 454 g/mol. The van der Waals surface area contributed by atoms with Gasteiger partial charge in [-0.05, 0) is 53.2 Å². The number of nitrogens with zero attached hydrogens (tertiary/aromatic N) is 4. The minimum atomic E-state index is -0.197. The molecule has 1 amide bonds. The second-order valence-electron chi connectivity index (χ2n) is 6.18. The van der Waals surface area contributed by atoms with E-state index >= 15 is 0 Å². The first kappa shape index (κ1) is 19.5. The van der Waals surface area contributed by atoms with Gasteiger partial charge in [0.25, 0.3) is 5.91 Å². The van der Waals surface area contributed by atoms with Crippen molar-refractivity contribution in [2.24, 2.45) is 0 Å². The average molecular weight is 472 g/mol. The molecule has 0 aliphatic rings. The number of aromatic nitrogens is 4. The van der Waals surface area contributed by atoms with Gasteiger partial charge in [-0.25, -0.2) is 0 Å². The summed E-state index contributed by atoms with van der Waals surface area (Å²) in [6, 6.07) is 12.9. The SMILES string of the molecule is CCOc1ccc(C(=O)Nc2cccc(-c3nn4c(CC)nnc4s3)c2)cc1Br. The van der Waals surface area contributed by atoms with E-state index in [4.69, 9.17) is 4.74 Å². The Labute approximate surface area is 179 Å². The summed E-state index contributed by atoms with van der Waals surface area (Å²) in [4.78, 5) is 13.4. The Morgan fingerprint density at radius 3 is 2.83 bits per heavy atom. The van der Waals surface area contributed by atoms with E-state index in [1.807, 2.05) is 38.1 Å². The molecule has 148 valence electrons. The highest BCUT2D eigenvalue weighted by atomic mass is 79.9. The molecule has 2 heterocycles. The van der Waals surface area contributed by atoms with Crippen molar-refractivity contribution >= 4 is 43.8 Å². The molecule has 0 fully saturated rings. The zero-order chi connectivity index (χ0) is 20.4. The van der Waals surface area contributed by atoms with Crippen LogP contribution in [0.3, 0.4) is 0 Å². The molecule has 2 aromatic heterocycles. The third-order valence-corrected chi connectivity index (χ3v) is 5.80. The minimum Gasteiger partial charge on any atom is -0.493 e. The molecule has 7 nitrogen and oxygen atoms in total. The number of anilines is 1. The Bertz CT molecular complexity index is 1190. The first-order valence-corrected chi connectivity index (χ1v) is 10.7. The lowest BCUT2D eigenvalue weighted by Gasteiger charge is -2.09. The van der Waals surface area contributed by atoms with Crippen LogP contribution in [0, 0.1) is 0 Å². The molecule has 0 bridgehead atoms. The molecular formula is C20H18BrN5O2S. The molecule has 2 aromatic carbocycles. The summed E-state index contributed by atoms with van der Waals surface area (Å²) in [6.45, 7) is 4.50. The lowest BCUT2D eigenvalue weighted by Crippen LogP contribution is -2.12. The fourth-order valence-corrected chi connectivity index (χ4v) is 4.19. The molecule has 0 radical (unpaired) electrons. The van der Waals surface area contributed by atoms with Crippen molar-refractivity contribution < 1.29 is 9.53 Å². The molecule has 0 saturated carbocycles.